The van der Waals surface area contributed by atoms with Gasteiger partial charge in [0.25, 0.3) is 5.91 Å². The Kier molecular flexibility index (Phi) is 17.1. The lowest BCUT2D eigenvalue weighted by atomic mass is 9.99. The number of rotatable bonds is 9. The van der Waals surface area contributed by atoms with Gasteiger partial charge in [0.2, 0.25) is 0 Å². The largest absolute Gasteiger partial charge is 0.497 e. The monoisotopic (exact) mass is 569 g/mol. The van der Waals surface area contributed by atoms with Gasteiger partial charge in [0.05, 0.1) is 25.9 Å². The van der Waals surface area contributed by atoms with Gasteiger partial charge in [-0.1, -0.05) is 32.8 Å². The average Bonchev–Trinajstić information content (AvgIpc) is 3.26. The number of nitrogens with one attached hydrogen (secondary N) is 1. The van der Waals surface area contributed by atoms with E-state index in [9.17, 15) is 9.90 Å². The number of aryl methyl sites for hydroxylation is 1. The third kappa shape index (κ3) is 12.3. The maximum atomic E-state index is 12.7. The van der Waals surface area contributed by atoms with Crippen LogP contribution in [0.5, 0.6) is 5.75 Å². The third-order valence-corrected chi connectivity index (χ3v) is 6.68. The van der Waals surface area contributed by atoms with Crippen LogP contribution in [-0.2, 0) is 0 Å². The number of aliphatic imine (C=N–C) groups is 1. The molecule has 0 aromatic heterocycles. The Hall–Kier alpha value is -3.40. The van der Waals surface area contributed by atoms with Gasteiger partial charge in [-0.3, -0.25) is 9.79 Å². The first kappa shape index (κ1) is 35.6. The molecule has 0 radical (unpaired) electrons. The number of β-amino-alcohol motifs (C(OH)–C–C–N with tert-alkyl or cyclic N) is 1. The molecule has 2 aromatic carbocycles. The summed E-state index contributed by atoms with van der Waals surface area (Å²) < 4.78 is 5.40. The van der Waals surface area contributed by atoms with E-state index in [0.717, 1.165) is 35.4 Å². The highest BCUT2D eigenvalue weighted by atomic mass is 16.5. The number of allylic oxidation sites excluding steroid dienone is 1. The fourth-order valence-corrected chi connectivity index (χ4v) is 4.43. The van der Waals surface area contributed by atoms with Crippen LogP contribution in [0.4, 0.5) is 5.69 Å². The Morgan fingerprint density at radius 1 is 1.15 bits per heavy atom. The number of carbonyl (C=O) groups is 1. The Labute approximate surface area is 246 Å². The van der Waals surface area contributed by atoms with E-state index in [1.807, 2.05) is 52.0 Å². The van der Waals surface area contributed by atoms with Crippen LogP contribution in [0.25, 0.3) is 5.57 Å². The summed E-state index contributed by atoms with van der Waals surface area (Å²) in [6.45, 7) is 10.5. The topological polar surface area (TPSA) is 146 Å². The number of nitrogens with zero attached hydrogens (tertiary/aromatic N) is 2. The Balaban J connectivity index is 0.000000500. The molecule has 1 saturated heterocycles. The van der Waals surface area contributed by atoms with Gasteiger partial charge in [-0.15, -0.1) is 0 Å². The van der Waals surface area contributed by atoms with Gasteiger partial charge in [0.1, 0.15) is 5.75 Å². The number of anilines is 1. The Bertz CT molecular complexity index is 1110. The lowest BCUT2D eigenvalue weighted by molar-refractivity contribution is 0.0602. The molecule has 7 N–H and O–H groups in total. The smallest absolute Gasteiger partial charge is 0.252 e. The number of ether oxygens (including phenoxy) is 1. The minimum absolute atomic E-state index is 0.115. The molecule has 1 aliphatic rings. The first-order valence-corrected chi connectivity index (χ1v) is 14.4. The molecular formula is C32H51N5O4. The van der Waals surface area contributed by atoms with Crippen molar-refractivity contribution in [3.05, 3.63) is 64.9 Å². The number of aliphatic hydroxyl groups excluding tert-OH is 2. The van der Waals surface area contributed by atoms with Crippen LogP contribution in [0.2, 0.25) is 0 Å². The summed E-state index contributed by atoms with van der Waals surface area (Å²) in [5.41, 5.74) is 16.0. The summed E-state index contributed by atoms with van der Waals surface area (Å²) in [4.78, 5) is 19.0. The number of amides is 1. The number of methoxy groups -OCH3 is 1. The molecule has 3 rings (SSSR count). The molecule has 1 fully saturated rings. The summed E-state index contributed by atoms with van der Waals surface area (Å²) >= 11 is 0. The molecule has 0 aliphatic carbocycles. The van der Waals surface area contributed by atoms with E-state index in [-0.39, 0.29) is 18.6 Å². The number of benzene rings is 2. The van der Waals surface area contributed by atoms with E-state index < -0.39 is 6.10 Å². The van der Waals surface area contributed by atoms with Gasteiger partial charge in [0, 0.05) is 42.8 Å². The van der Waals surface area contributed by atoms with Crippen LogP contribution in [0.15, 0.2) is 47.6 Å². The number of nitrogens with two attached hydrogens (primary N) is 2. The first-order chi connectivity index (χ1) is 19.7. The highest BCUT2D eigenvalue weighted by Gasteiger charge is 2.16. The number of aliphatic hydroxyl groups is 2. The summed E-state index contributed by atoms with van der Waals surface area (Å²) in [7, 11) is 3.28. The van der Waals surface area contributed by atoms with Crippen molar-refractivity contribution >= 4 is 23.4 Å². The van der Waals surface area contributed by atoms with Gasteiger partial charge >= 0.3 is 0 Å². The summed E-state index contributed by atoms with van der Waals surface area (Å²) in [6.07, 6.45) is 7.71. The molecule has 2 aromatic rings. The van der Waals surface area contributed by atoms with Crippen molar-refractivity contribution in [2.45, 2.75) is 65.5 Å². The van der Waals surface area contributed by atoms with Crippen molar-refractivity contribution < 1.29 is 19.7 Å². The molecule has 1 aliphatic heterocycles. The van der Waals surface area contributed by atoms with Crippen LogP contribution in [0.1, 0.15) is 79.5 Å². The molecule has 1 heterocycles. The fourth-order valence-electron chi connectivity index (χ4n) is 4.43. The molecule has 2 atom stereocenters. The van der Waals surface area contributed by atoms with Crippen LogP contribution in [-0.4, -0.2) is 73.7 Å². The Morgan fingerprint density at radius 3 is 2.37 bits per heavy atom. The van der Waals surface area contributed by atoms with Gasteiger partial charge in [-0.25, -0.2) is 0 Å². The predicted molar refractivity (Wildman–Crippen MR) is 170 cm³/mol. The van der Waals surface area contributed by atoms with Gasteiger partial charge in [0.15, 0.2) is 0 Å². The standard InChI is InChI=1S/C21H26N4O2.C9H19NO2.C2H6/c1-13-5-6-18(23)10-20(13)21(26)25-14(2)15-7-16(9-19(8-15)27-4)17(11-22)12-24-3;11-8-9(12)7-10-5-3-1-2-4-6-10;1-2/h5-12,14H,22-23H2,1-4H3,(H,25,26);9,11-12H,1-8H2;1-2H3/b17-11+,24-12?;;. The summed E-state index contributed by atoms with van der Waals surface area (Å²) in [6, 6.07) is 10.8. The molecule has 9 nitrogen and oxygen atoms in total. The minimum Gasteiger partial charge on any atom is -0.497 e. The average molecular weight is 570 g/mol. The number of nitrogen functional groups attached to an aromatic ring is 1. The normalized spacial score (nSPS) is 15.5. The van der Waals surface area contributed by atoms with Crippen LogP contribution >= 0.6 is 0 Å². The number of likely N-dealkylation sites (tertiary alicyclic amines) is 1. The predicted octanol–water partition coefficient (Wildman–Crippen LogP) is 4.32. The van der Waals surface area contributed by atoms with Crippen molar-refractivity contribution in [1.29, 1.82) is 0 Å². The molecule has 0 saturated carbocycles. The number of hydrogen-bond acceptors (Lipinski definition) is 8. The SMILES string of the molecule is CC.CN=C/C(=C\N)c1cc(OC)cc(C(C)NC(=O)c2cc(N)ccc2C)c1.OCC(O)CN1CCCCCC1. The van der Waals surface area contributed by atoms with E-state index in [1.54, 1.807) is 32.5 Å². The zero-order valence-corrected chi connectivity index (χ0v) is 25.7. The number of carbonyl (C=O) groups excluding carboxylic acids is 1. The van der Waals surface area contributed by atoms with Gasteiger partial charge in [-0.2, -0.15) is 0 Å². The van der Waals surface area contributed by atoms with Crippen molar-refractivity contribution in [2.75, 3.05) is 46.1 Å². The zero-order valence-electron chi connectivity index (χ0n) is 25.7. The highest BCUT2D eigenvalue weighted by molar-refractivity contribution is 6.09. The lowest BCUT2D eigenvalue weighted by Crippen LogP contribution is -2.34. The van der Waals surface area contributed by atoms with E-state index in [0.29, 0.717) is 23.5 Å². The quantitative estimate of drug-likeness (QED) is 0.223. The maximum Gasteiger partial charge on any atom is 0.252 e. The molecule has 2 unspecified atom stereocenters. The number of hydrogen-bond donors (Lipinski definition) is 5. The molecular weight excluding hydrogens is 518 g/mol. The van der Waals surface area contributed by atoms with Crippen molar-refractivity contribution in [3.8, 4) is 5.75 Å². The molecule has 41 heavy (non-hydrogen) atoms. The molecule has 1 amide bonds. The maximum absolute atomic E-state index is 12.7. The summed E-state index contributed by atoms with van der Waals surface area (Å²) in [5.74, 6) is 0.494. The fraction of sp³-hybridized carbons (Fsp3) is 0.500. The second-order valence-corrected chi connectivity index (χ2v) is 9.82. The second-order valence-electron chi connectivity index (χ2n) is 9.82. The van der Waals surface area contributed by atoms with Crippen LogP contribution in [0, 0.1) is 6.92 Å². The third-order valence-electron chi connectivity index (χ3n) is 6.68. The minimum atomic E-state index is -0.553. The molecule has 9 heteroatoms. The molecule has 228 valence electrons. The first-order valence-electron chi connectivity index (χ1n) is 14.4. The molecule has 0 spiro atoms. The van der Waals surface area contributed by atoms with Crippen LogP contribution < -0.4 is 21.5 Å². The van der Waals surface area contributed by atoms with Crippen molar-refractivity contribution in [1.82, 2.24) is 10.2 Å². The van der Waals surface area contributed by atoms with E-state index in [2.05, 4.69) is 15.2 Å². The second kappa shape index (κ2) is 19.6. The zero-order chi connectivity index (χ0) is 30.8. The Morgan fingerprint density at radius 2 is 1.80 bits per heavy atom. The van der Waals surface area contributed by atoms with Crippen molar-refractivity contribution in [2.24, 2.45) is 10.7 Å². The highest BCUT2D eigenvalue weighted by Crippen LogP contribution is 2.26. The van der Waals surface area contributed by atoms with Crippen LogP contribution in [0.3, 0.4) is 0 Å². The van der Waals surface area contributed by atoms with E-state index >= 15 is 0 Å². The lowest BCUT2D eigenvalue weighted by Gasteiger charge is -2.21. The van der Waals surface area contributed by atoms with Gasteiger partial charge in [-0.05, 0) is 86.8 Å². The van der Waals surface area contributed by atoms with E-state index in [4.69, 9.17) is 21.3 Å². The van der Waals surface area contributed by atoms with Crippen molar-refractivity contribution in [3.63, 3.8) is 0 Å². The van der Waals surface area contributed by atoms with Gasteiger partial charge < -0.3 is 36.6 Å². The van der Waals surface area contributed by atoms with E-state index in [1.165, 1.54) is 31.9 Å². The molecule has 0 bridgehead atoms. The summed E-state index contributed by atoms with van der Waals surface area (Å²) in [5, 5.41) is 20.9.